The SMILES string of the molecule is NC[C@@H]1CCCN1c1cc(Nc2ccc(Oc3ccnc4[nH]ccc34)c(F)c2)nc(N)n1. The topological polar surface area (TPSA) is 131 Å². The molecule has 10 heteroatoms. The summed E-state index contributed by atoms with van der Waals surface area (Å²) in [5.41, 5.74) is 13.0. The van der Waals surface area contributed by atoms with Crippen molar-refractivity contribution in [2.75, 3.05) is 29.0 Å². The molecule has 3 aromatic heterocycles. The van der Waals surface area contributed by atoms with Gasteiger partial charge in [0.25, 0.3) is 0 Å². The lowest BCUT2D eigenvalue weighted by Gasteiger charge is -2.25. The maximum Gasteiger partial charge on any atom is 0.223 e. The first-order valence-corrected chi connectivity index (χ1v) is 10.4. The van der Waals surface area contributed by atoms with Crippen molar-refractivity contribution in [2.45, 2.75) is 18.9 Å². The molecule has 0 aliphatic carbocycles. The summed E-state index contributed by atoms with van der Waals surface area (Å²) in [5, 5.41) is 3.87. The van der Waals surface area contributed by atoms with Gasteiger partial charge in [-0.25, -0.2) is 9.37 Å². The van der Waals surface area contributed by atoms with Crippen LogP contribution in [0.5, 0.6) is 11.5 Å². The van der Waals surface area contributed by atoms with E-state index in [2.05, 4.69) is 30.2 Å². The average molecular weight is 434 g/mol. The number of H-pyrrole nitrogens is 1. The molecule has 1 saturated heterocycles. The Morgan fingerprint density at radius 1 is 1.19 bits per heavy atom. The quantitative estimate of drug-likeness (QED) is 0.362. The minimum absolute atomic E-state index is 0.106. The number of pyridine rings is 1. The fourth-order valence-corrected chi connectivity index (χ4v) is 4.00. The summed E-state index contributed by atoms with van der Waals surface area (Å²) >= 11 is 0. The lowest BCUT2D eigenvalue weighted by molar-refractivity contribution is 0.446. The van der Waals surface area contributed by atoms with E-state index in [1.54, 1.807) is 36.7 Å². The Kier molecular flexibility index (Phi) is 5.20. The van der Waals surface area contributed by atoms with E-state index < -0.39 is 5.82 Å². The second kappa shape index (κ2) is 8.31. The van der Waals surface area contributed by atoms with Crippen molar-refractivity contribution in [3.8, 4) is 11.5 Å². The predicted octanol–water partition coefficient (Wildman–Crippen LogP) is 3.54. The Balaban J connectivity index is 1.36. The van der Waals surface area contributed by atoms with Crippen LogP contribution in [-0.4, -0.2) is 39.1 Å². The molecule has 1 aromatic carbocycles. The molecule has 4 heterocycles. The van der Waals surface area contributed by atoms with Crippen LogP contribution in [-0.2, 0) is 0 Å². The number of benzene rings is 1. The normalized spacial score (nSPS) is 15.9. The molecule has 1 atom stereocenters. The number of nitrogens with one attached hydrogen (secondary N) is 2. The molecule has 0 saturated carbocycles. The standard InChI is InChI=1S/C22H23FN8O/c23-16-10-13(3-4-18(16)32-17-6-8-27-21-15(17)5-7-26-21)28-19-11-20(30-22(25)29-19)31-9-1-2-14(31)12-24/h3-8,10-11,14H,1-2,9,12,24H2,(H,26,27)(H3,25,28,29,30)/t14-/m0/s1. The summed E-state index contributed by atoms with van der Waals surface area (Å²) in [6.45, 7) is 1.41. The zero-order valence-electron chi connectivity index (χ0n) is 17.3. The van der Waals surface area contributed by atoms with Crippen molar-refractivity contribution in [1.82, 2.24) is 19.9 Å². The van der Waals surface area contributed by atoms with Gasteiger partial charge in [-0.2, -0.15) is 9.97 Å². The molecular formula is C22H23FN8O. The molecule has 0 amide bonds. The highest BCUT2D eigenvalue weighted by Gasteiger charge is 2.25. The number of halogens is 1. The van der Waals surface area contributed by atoms with Gasteiger partial charge in [0, 0.05) is 49.3 Å². The zero-order chi connectivity index (χ0) is 22.1. The van der Waals surface area contributed by atoms with Crippen molar-refractivity contribution in [1.29, 1.82) is 0 Å². The molecule has 0 radical (unpaired) electrons. The van der Waals surface area contributed by atoms with Crippen LogP contribution in [0.3, 0.4) is 0 Å². The molecule has 9 nitrogen and oxygen atoms in total. The highest BCUT2D eigenvalue weighted by atomic mass is 19.1. The number of rotatable bonds is 6. The molecule has 1 fully saturated rings. The Morgan fingerprint density at radius 2 is 2.09 bits per heavy atom. The highest BCUT2D eigenvalue weighted by Crippen LogP contribution is 2.32. The molecule has 6 N–H and O–H groups in total. The largest absolute Gasteiger partial charge is 0.453 e. The molecule has 1 aliphatic heterocycles. The minimum atomic E-state index is -0.513. The predicted molar refractivity (Wildman–Crippen MR) is 122 cm³/mol. The number of nitrogen functional groups attached to an aromatic ring is 1. The number of ether oxygens (including phenoxy) is 1. The van der Waals surface area contributed by atoms with Gasteiger partial charge in [0.1, 0.15) is 23.0 Å². The summed E-state index contributed by atoms with van der Waals surface area (Å²) in [7, 11) is 0. The number of anilines is 4. The van der Waals surface area contributed by atoms with E-state index in [1.807, 2.05) is 6.07 Å². The fourth-order valence-electron chi connectivity index (χ4n) is 4.00. The van der Waals surface area contributed by atoms with Gasteiger partial charge in [-0.1, -0.05) is 0 Å². The van der Waals surface area contributed by atoms with Gasteiger partial charge in [-0.3, -0.25) is 0 Å². The van der Waals surface area contributed by atoms with Crippen LogP contribution >= 0.6 is 0 Å². The second-order valence-corrected chi connectivity index (χ2v) is 7.62. The maximum atomic E-state index is 14.8. The Labute approximate surface area is 183 Å². The van der Waals surface area contributed by atoms with Crippen LogP contribution in [0.15, 0.2) is 48.8 Å². The van der Waals surface area contributed by atoms with Gasteiger partial charge in [0.15, 0.2) is 11.6 Å². The number of hydrogen-bond acceptors (Lipinski definition) is 8. The van der Waals surface area contributed by atoms with E-state index in [4.69, 9.17) is 16.2 Å². The lowest BCUT2D eigenvalue weighted by Crippen LogP contribution is -2.36. The van der Waals surface area contributed by atoms with Gasteiger partial charge < -0.3 is 31.4 Å². The van der Waals surface area contributed by atoms with Crippen LogP contribution in [0.4, 0.5) is 27.7 Å². The lowest BCUT2D eigenvalue weighted by atomic mass is 10.2. The van der Waals surface area contributed by atoms with Crippen molar-refractivity contribution in [2.24, 2.45) is 5.73 Å². The Hall–Kier alpha value is -3.92. The molecule has 1 aliphatic rings. The maximum absolute atomic E-state index is 14.8. The molecule has 0 bridgehead atoms. The van der Waals surface area contributed by atoms with E-state index in [9.17, 15) is 4.39 Å². The second-order valence-electron chi connectivity index (χ2n) is 7.62. The number of hydrogen-bond donors (Lipinski definition) is 4. The van der Waals surface area contributed by atoms with E-state index in [0.717, 1.165) is 24.8 Å². The van der Waals surface area contributed by atoms with Crippen LogP contribution in [0.1, 0.15) is 12.8 Å². The first kappa shape index (κ1) is 20.0. The summed E-state index contributed by atoms with van der Waals surface area (Å²) in [6.07, 6.45) is 5.43. The van der Waals surface area contributed by atoms with E-state index >= 15 is 0 Å². The van der Waals surface area contributed by atoms with Gasteiger partial charge >= 0.3 is 0 Å². The van der Waals surface area contributed by atoms with Crippen LogP contribution in [0, 0.1) is 5.82 Å². The minimum Gasteiger partial charge on any atom is -0.453 e. The van der Waals surface area contributed by atoms with Crippen LogP contribution < -0.4 is 26.4 Å². The number of fused-ring (bicyclic) bond motifs is 1. The molecule has 164 valence electrons. The van der Waals surface area contributed by atoms with Crippen molar-refractivity contribution < 1.29 is 9.13 Å². The van der Waals surface area contributed by atoms with Crippen molar-refractivity contribution >= 4 is 34.3 Å². The number of nitrogens with zero attached hydrogens (tertiary/aromatic N) is 4. The van der Waals surface area contributed by atoms with Gasteiger partial charge in [0.2, 0.25) is 5.95 Å². The van der Waals surface area contributed by atoms with Crippen molar-refractivity contribution in [3.63, 3.8) is 0 Å². The number of aromatic amines is 1. The third-order valence-corrected chi connectivity index (χ3v) is 5.52. The summed E-state index contributed by atoms with van der Waals surface area (Å²) < 4.78 is 20.6. The first-order chi connectivity index (χ1) is 15.6. The highest BCUT2D eigenvalue weighted by molar-refractivity contribution is 5.82. The summed E-state index contributed by atoms with van der Waals surface area (Å²) in [4.78, 5) is 17.9. The van der Waals surface area contributed by atoms with Crippen LogP contribution in [0.2, 0.25) is 0 Å². The fraction of sp³-hybridized carbons (Fsp3) is 0.227. The summed E-state index contributed by atoms with van der Waals surface area (Å²) in [5.74, 6) is 1.44. The van der Waals surface area contributed by atoms with E-state index in [-0.39, 0.29) is 17.7 Å². The Bertz CT molecular complexity index is 1260. The number of nitrogens with two attached hydrogens (primary N) is 2. The molecule has 32 heavy (non-hydrogen) atoms. The molecule has 4 aromatic rings. The van der Waals surface area contributed by atoms with Crippen molar-refractivity contribution in [3.05, 3.63) is 54.6 Å². The van der Waals surface area contributed by atoms with E-state index in [1.165, 1.54) is 6.07 Å². The molecule has 0 spiro atoms. The molecule has 0 unspecified atom stereocenters. The third-order valence-electron chi connectivity index (χ3n) is 5.52. The first-order valence-electron chi connectivity index (χ1n) is 10.4. The van der Waals surface area contributed by atoms with Gasteiger partial charge in [-0.05, 0) is 37.1 Å². The van der Waals surface area contributed by atoms with E-state index in [0.29, 0.717) is 35.3 Å². The molecule has 5 rings (SSSR count). The third kappa shape index (κ3) is 3.87. The average Bonchev–Trinajstić information content (AvgIpc) is 3.45. The number of aromatic nitrogens is 4. The Morgan fingerprint density at radius 3 is 2.94 bits per heavy atom. The van der Waals surface area contributed by atoms with Crippen LogP contribution in [0.25, 0.3) is 11.0 Å². The molecular weight excluding hydrogens is 411 g/mol. The van der Waals surface area contributed by atoms with Gasteiger partial charge in [0.05, 0.1) is 5.39 Å². The van der Waals surface area contributed by atoms with Gasteiger partial charge in [-0.15, -0.1) is 0 Å². The monoisotopic (exact) mass is 434 g/mol. The summed E-state index contributed by atoms with van der Waals surface area (Å²) in [6, 6.07) is 10.2. The smallest absolute Gasteiger partial charge is 0.223 e. The zero-order valence-corrected chi connectivity index (χ0v) is 17.3.